The van der Waals surface area contributed by atoms with Crippen molar-refractivity contribution >= 4 is 35.2 Å². The fraction of sp³-hybridized carbons (Fsp3) is 0.273. The molecule has 3 rings (SSSR count). The first-order chi connectivity index (χ1) is 16.6. The molecule has 0 fully saturated rings. The first-order valence-electron chi connectivity index (χ1n) is 10.2. The minimum Gasteiger partial charge on any atom is -0.503 e. The summed E-state index contributed by atoms with van der Waals surface area (Å²) in [6.45, 7) is 2.19. The second-order valence-electron chi connectivity index (χ2n) is 7.12. The van der Waals surface area contributed by atoms with Crippen molar-refractivity contribution in [1.82, 2.24) is 15.1 Å². The lowest BCUT2D eigenvalue weighted by molar-refractivity contribution is -0.137. The van der Waals surface area contributed by atoms with Gasteiger partial charge in [0.1, 0.15) is 5.69 Å². The largest absolute Gasteiger partial charge is 0.503 e. The molecule has 0 radical (unpaired) electrons. The van der Waals surface area contributed by atoms with Crippen LogP contribution < -0.4 is 10.3 Å². The molecular formula is C22H22F3N5O4S. The predicted molar refractivity (Wildman–Crippen MR) is 125 cm³/mol. The summed E-state index contributed by atoms with van der Waals surface area (Å²) in [5, 5.41) is 22.5. The lowest BCUT2D eigenvalue weighted by Crippen LogP contribution is -2.26. The maximum absolute atomic E-state index is 13.2. The zero-order valence-electron chi connectivity index (χ0n) is 19.0. The zero-order valence-corrected chi connectivity index (χ0v) is 19.8. The molecule has 13 heteroatoms. The number of hydrazone groups is 1. The van der Waals surface area contributed by atoms with E-state index in [1.807, 2.05) is 0 Å². The Balaban J connectivity index is 1.91. The topological polar surface area (TPSA) is 109 Å². The Kier molecular flexibility index (Phi) is 7.92. The monoisotopic (exact) mass is 509 g/mol. The maximum atomic E-state index is 13.2. The highest BCUT2D eigenvalue weighted by molar-refractivity contribution is 7.16. The molecule has 1 aromatic carbocycles. The molecule has 0 aliphatic heterocycles. The van der Waals surface area contributed by atoms with Gasteiger partial charge in [-0.1, -0.05) is 12.1 Å². The van der Waals surface area contributed by atoms with Gasteiger partial charge < -0.3 is 15.2 Å². The maximum Gasteiger partial charge on any atom is 0.416 e. The molecule has 0 atom stereocenters. The molecule has 0 saturated carbocycles. The van der Waals surface area contributed by atoms with E-state index in [2.05, 4.69) is 15.5 Å². The van der Waals surface area contributed by atoms with Gasteiger partial charge >= 0.3 is 6.18 Å². The second-order valence-corrected chi connectivity index (χ2v) is 8.21. The van der Waals surface area contributed by atoms with Crippen LogP contribution in [0.25, 0.3) is 11.3 Å². The molecule has 2 N–H and O–H groups in total. The number of thiophene rings is 1. The van der Waals surface area contributed by atoms with E-state index >= 15 is 0 Å². The number of ether oxygens (including phenoxy) is 1. The number of nitrogens with one attached hydrogen (secondary N) is 1. The van der Waals surface area contributed by atoms with Crippen molar-refractivity contribution in [2.24, 2.45) is 12.1 Å². The van der Waals surface area contributed by atoms with Gasteiger partial charge in [0.15, 0.2) is 5.75 Å². The van der Waals surface area contributed by atoms with Crippen molar-refractivity contribution in [3.8, 4) is 17.0 Å². The summed E-state index contributed by atoms with van der Waals surface area (Å²) in [5.74, 6) is -1.69. The Morgan fingerprint density at radius 2 is 1.89 bits per heavy atom. The number of methoxy groups -OCH3 is 1. The fourth-order valence-electron chi connectivity index (χ4n) is 3.13. The van der Waals surface area contributed by atoms with E-state index < -0.39 is 23.4 Å². The number of halogens is 3. The Bertz CT molecular complexity index is 1230. The zero-order chi connectivity index (χ0) is 25.8. The van der Waals surface area contributed by atoms with Gasteiger partial charge in [-0.05, 0) is 31.2 Å². The number of carbonyl (C=O) groups excluding carboxylic acids is 2. The van der Waals surface area contributed by atoms with Crippen LogP contribution in [0.5, 0.6) is 5.75 Å². The molecular weight excluding hydrogens is 487 g/mol. The molecule has 3 aromatic rings. The van der Waals surface area contributed by atoms with E-state index in [4.69, 9.17) is 4.74 Å². The Morgan fingerprint density at radius 1 is 1.23 bits per heavy atom. The van der Waals surface area contributed by atoms with Gasteiger partial charge in [-0.15, -0.1) is 16.4 Å². The number of aromatic nitrogens is 2. The third-order valence-corrected chi connectivity index (χ3v) is 5.82. The van der Waals surface area contributed by atoms with Crippen LogP contribution in [-0.2, 0) is 18.0 Å². The lowest BCUT2D eigenvalue weighted by atomic mass is 10.1. The van der Waals surface area contributed by atoms with Crippen molar-refractivity contribution in [2.45, 2.75) is 13.1 Å². The molecule has 186 valence electrons. The molecule has 0 unspecified atom stereocenters. The number of anilines is 1. The highest BCUT2D eigenvalue weighted by Gasteiger charge is 2.31. The predicted octanol–water partition coefficient (Wildman–Crippen LogP) is 3.90. The number of rotatable bonds is 8. The van der Waals surface area contributed by atoms with E-state index in [0.717, 1.165) is 28.5 Å². The van der Waals surface area contributed by atoms with E-state index in [1.165, 1.54) is 49.3 Å². The number of nitrogens with zero attached hydrogens (tertiary/aromatic N) is 4. The highest BCUT2D eigenvalue weighted by Crippen LogP contribution is 2.39. The van der Waals surface area contributed by atoms with Gasteiger partial charge in [-0.2, -0.15) is 23.3 Å². The minimum absolute atomic E-state index is 0.0993. The number of alkyl halides is 3. The van der Waals surface area contributed by atoms with Crippen LogP contribution >= 0.6 is 11.3 Å². The Morgan fingerprint density at radius 3 is 2.49 bits per heavy atom. The summed E-state index contributed by atoms with van der Waals surface area (Å²) in [4.78, 5) is 25.9. The molecule has 2 amide bonds. The van der Waals surface area contributed by atoms with E-state index in [-0.39, 0.29) is 27.9 Å². The number of aryl methyl sites for hydroxylation is 1. The van der Waals surface area contributed by atoms with Gasteiger partial charge in [-0.25, -0.2) is 0 Å². The molecule has 2 heterocycles. The first kappa shape index (κ1) is 25.9. The summed E-state index contributed by atoms with van der Waals surface area (Å²) in [6, 6.07) is 7.12. The van der Waals surface area contributed by atoms with Crippen molar-refractivity contribution in [3.63, 3.8) is 0 Å². The van der Waals surface area contributed by atoms with Crippen LogP contribution in [-0.4, -0.2) is 53.2 Å². The number of hydrogen-bond donors (Lipinski definition) is 2. The molecule has 0 bridgehead atoms. The first-order valence-corrected chi connectivity index (χ1v) is 11.0. The average molecular weight is 510 g/mol. The molecule has 0 spiro atoms. The van der Waals surface area contributed by atoms with Crippen molar-refractivity contribution < 1.29 is 32.6 Å². The molecule has 0 aliphatic carbocycles. The van der Waals surface area contributed by atoms with Crippen LogP contribution in [0.15, 0.2) is 41.5 Å². The summed E-state index contributed by atoms with van der Waals surface area (Å²) in [7, 11) is 2.98. The highest BCUT2D eigenvalue weighted by atomic mass is 32.1. The summed E-state index contributed by atoms with van der Waals surface area (Å²) in [6.07, 6.45) is -3.19. The standard InChI is InChI=1S/C22H22F3N5O4S/c1-4-27-30(21(33)16-10-9-15(35-16)20(32)26-11-12-34-3)19-18(31)17(29(2)28-19)13-5-7-14(8-6-13)22(23,24)25/h4-10,31H,11-12H2,1-3H3,(H,26,32). The number of benzene rings is 1. The fourth-order valence-corrected chi connectivity index (χ4v) is 3.98. The van der Waals surface area contributed by atoms with Crippen LogP contribution in [0, 0.1) is 0 Å². The number of carbonyl (C=O) groups is 2. The van der Waals surface area contributed by atoms with Crippen molar-refractivity contribution in [3.05, 3.63) is 51.7 Å². The van der Waals surface area contributed by atoms with Gasteiger partial charge in [0.2, 0.25) is 5.82 Å². The Hall–Kier alpha value is -3.71. The third-order valence-electron chi connectivity index (χ3n) is 4.75. The molecule has 0 aliphatic rings. The van der Waals surface area contributed by atoms with Gasteiger partial charge in [-0.3, -0.25) is 14.3 Å². The van der Waals surface area contributed by atoms with Crippen molar-refractivity contribution in [2.75, 3.05) is 25.3 Å². The number of aromatic hydroxyl groups is 1. The summed E-state index contributed by atoms with van der Waals surface area (Å²) >= 11 is 0.932. The number of amides is 2. The van der Waals surface area contributed by atoms with Gasteiger partial charge in [0.25, 0.3) is 11.8 Å². The molecule has 0 saturated heterocycles. The van der Waals surface area contributed by atoms with E-state index in [1.54, 1.807) is 6.92 Å². The van der Waals surface area contributed by atoms with Crippen LogP contribution in [0.3, 0.4) is 0 Å². The average Bonchev–Trinajstić information content (AvgIpc) is 3.41. The van der Waals surface area contributed by atoms with E-state index in [9.17, 15) is 27.9 Å². The molecule has 9 nitrogen and oxygen atoms in total. The van der Waals surface area contributed by atoms with Gasteiger partial charge in [0.05, 0.1) is 21.9 Å². The quantitative estimate of drug-likeness (QED) is 0.272. The third kappa shape index (κ3) is 5.69. The summed E-state index contributed by atoms with van der Waals surface area (Å²) in [5.41, 5.74) is -0.478. The van der Waals surface area contributed by atoms with E-state index in [0.29, 0.717) is 18.0 Å². The number of hydrogen-bond acceptors (Lipinski definition) is 7. The molecule has 2 aromatic heterocycles. The van der Waals surface area contributed by atoms with Crippen LogP contribution in [0.2, 0.25) is 0 Å². The second kappa shape index (κ2) is 10.7. The SMILES string of the molecule is CC=NN(C(=O)c1ccc(C(=O)NCCOC)s1)c1nn(C)c(-c2ccc(C(F)(F)F)cc2)c1O. The molecule has 35 heavy (non-hydrogen) atoms. The van der Waals surface area contributed by atoms with Crippen LogP contribution in [0.1, 0.15) is 31.8 Å². The lowest BCUT2D eigenvalue weighted by Gasteiger charge is -2.13. The normalized spacial score (nSPS) is 11.7. The minimum atomic E-state index is -4.50. The summed E-state index contributed by atoms with van der Waals surface area (Å²) < 4.78 is 44.8. The van der Waals surface area contributed by atoms with Crippen LogP contribution in [0.4, 0.5) is 19.0 Å². The van der Waals surface area contributed by atoms with Gasteiger partial charge in [0, 0.05) is 32.5 Å². The Labute approximate surface area is 202 Å². The van der Waals surface area contributed by atoms with Crippen molar-refractivity contribution in [1.29, 1.82) is 0 Å². The smallest absolute Gasteiger partial charge is 0.416 e.